The monoisotopic (exact) mass is 271 g/mol. The third-order valence-corrected chi connectivity index (χ3v) is 3.40. The fourth-order valence-corrected chi connectivity index (χ4v) is 2.36. The van der Waals surface area contributed by atoms with Gasteiger partial charge in [-0.25, -0.2) is 0 Å². The molecule has 0 aliphatic heterocycles. The first-order valence-electron chi connectivity index (χ1n) is 7.14. The van der Waals surface area contributed by atoms with Gasteiger partial charge in [0, 0.05) is 13.0 Å². The van der Waals surface area contributed by atoms with E-state index >= 15 is 0 Å². The van der Waals surface area contributed by atoms with Crippen LogP contribution in [0.2, 0.25) is 0 Å². The van der Waals surface area contributed by atoms with Gasteiger partial charge in [0.2, 0.25) is 5.91 Å². The minimum Gasteiger partial charge on any atom is -0.388 e. The smallest absolute Gasteiger partial charge is 0.219 e. The predicted octanol–water partition coefficient (Wildman–Crippen LogP) is 3.18. The molecule has 0 saturated carbocycles. The summed E-state index contributed by atoms with van der Waals surface area (Å²) < 4.78 is 0. The van der Waals surface area contributed by atoms with Crippen LogP contribution in [0.4, 0.5) is 0 Å². The second-order valence-electron chi connectivity index (χ2n) is 4.97. The van der Waals surface area contributed by atoms with Gasteiger partial charge in [-0.05, 0) is 29.2 Å². The highest BCUT2D eigenvalue weighted by atomic mass is 16.3. The van der Waals surface area contributed by atoms with E-state index in [9.17, 15) is 9.90 Å². The maximum absolute atomic E-state index is 11.4. The summed E-state index contributed by atoms with van der Waals surface area (Å²) in [5.74, 6) is 0.0534. The average molecular weight is 271 g/mol. The molecule has 3 heteroatoms. The summed E-state index contributed by atoms with van der Waals surface area (Å²) in [5.41, 5.74) is 0.924. The molecule has 0 heterocycles. The average Bonchev–Trinajstić information content (AvgIpc) is 2.47. The van der Waals surface area contributed by atoms with Gasteiger partial charge in [0.15, 0.2) is 0 Å². The number of amides is 1. The molecule has 2 aromatic rings. The van der Waals surface area contributed by atoms with Gasteiger partial charge in [-0.2, -0.15) is 0 Å². The normalized spacial score (nSPS) is 12.3. The van der Waals surface area contributed by atoms with E-state index in [2.05, 4.69) is 5.32 Å². The van der Waals surface area contributed by atoms with E-state index in [1.165, 1.54) is 0 Å². The predicted molar refractivity (Wildman–Crippen MR) is 81.4 cm³/mol. The van der Waals surface area contributed by atoms with Crippen molar-refractivity contribution in [2.24, 2.45) is 0 Å². The zero-order valence-corrected chi connectivity index (χ0v) is 11.8. The van der Waals surface area contributed by atoms with Gasteiger partial charge in [0.25, 0.3) is 0 Å². The number of aliphatic hydroxyl groups is 1. The van der Waals surface area contributed by atoms with Crippen LogP contribution < -0.4 is 5.32 Å². The van der Waals surface area contributed by atoms with Crippen LogP contribution in [0.5, 0.6) is 0 Å². The highest BCUT2D eigenvalue weighted by Gasteiger charge is 2.11. The third kappa shape index (κ3) is 3.58. The minimum absolute atomic E-state index is 0.0534. The lowest BCUT2D eigenvalue weighted by Crippen LogP contribution is -2.25. The lowest BCUT2D eigenvalue weighted by molar-refractivity contribution is -0.121. The number of benzene rings is 2. The molecule has 0 radical (unpaired) electrons. The van der Waals surface area contributed by atoms with Crippen molar-refractivity contribution >= 4 is 16.7 Å². The van der Waals surface area contributed by atoms with E-state index in [0.29, 0.717) is 19.4 Å². The second-order valence-corrected chi connectivity index (χ2v) is 4.97. The minimum atomic E-state index is -0.553. The van der Waals surface area contributed by atoms with Crippen LogP contribution in [0.1, 0.15) is 37.9 Å². The lowest BCUT2D eigenvalue weighted by atomic mass is 9.99. The summed E-state index contributed by atoms with van der Waals surface area (Å²) in [6.45, 7) is 2.48. The van der Waals surface area contributed by atoms with Crippen molar-refractivity contribution in [3.8, 4) is 0 Å². The Balaban J connectivity index is 2.01. The zero-order valence-electron chi connectivity index (χ0n) is 11.8. The maximum atomic E-state index is 11.4. The van der Waals surface area contributed by atoms with Gasteiger partial charge < -0.3 is 10.4 Å². The van der Waals surface area contributed by atoms with Gasteiger partial charge in [-0.3, -0.25) is 4.79 Å². The van der Waals surface area contributed by atoms with Crippen molar-refractivity contribution < 1.29 is 9.90 Å². The molecule has 20 heavy (non-hydrogen) atoms. The molecule has 1 atom stereocenters. The molecule has 0 aromatic heterocycles. The summed E-state index contributed by atoms with van der Waals surface area (Å²) in [4.78, 5) is 11.4. The topological polar surface area (TPSA) is 49.3 Å². The Bertz CT molecular complexity index is 575. The van der Waals surface area contributed by atoms with Crippen molar-refractivity contribution in [2.75, 3.05) is 6.54 Å². The summed E-state index contributed by atoms with van der Waals surface area (Å²) in [6.07, 6.45) is 1.37. The van der Waals surface area contributed by atoms with Crippen LogP contribution in [0.25, 0.3) is 10.8 Å². The maximum Gasteiger partial charge on any atom is 0.219 e. The Hall–Kier alpha value is -1.87. The second kappa shape index (κ2) is 7.06. The molecule has 1 amide bonds. The fraction of sp³-hybridized carbons (Fsp3) is 0.353. The van der Waals surface area contributed by atoms with Crippen LogP contribution >= 0.6 is 0 Å². The van der Waals surface area contributed by atoms with Gasteiger partial charge in [0.05, 0.1) is 6.10 Å². The largest absolute Gasteiger partial charge is 0.388 e. The van der Waals surface area contributed by atoms with Crippen LogP contribution in [0.3, 0.4) is 0 Å². The van der Waals surface area contributed by atoms with Crippen LogP contribution in [0, 0.1) is 0 Å². The standard InChI is InChI=1S/C17H21NO2/c1-2-6-17(20)18-12-11-16(19)15-10-5-8-13-7-3-4-9-14(13)15/h3-5,7-10,16,19H,2,6,11-12H2,1H3,(H,18,20). The third-order valence-electron chi connectivity index (χ3n) is 3.40. The molecule has 0 fully saturated rings. The van der Waals surface area contributed by atoms with E-state index in [1.807, 2.05) is 49.4 Å². The van der Waals surface area contributed by atoms with Crippen LogP contribution in [0.15, 0.2) is 42.5 Å². The summed E-state index contributed by atoms with van der Waals surface area (Å²) in [7, 11) is 0. The number of nitrogens with one attached hydrogen (secondary N) is 1. The van der Waals surface area contributed by atoms with Crippen LogP contribution in [-0.2, 0) is 4.79 Å². The molecule has 0 saturated heterocycles. The molecule has 2 N–H and O–H groups in total. The van der Waals surface area contributed by atoms with Gasteiger partial charge in [0.1, 0.15) is 0 Å². The summed E-state index contributed by atoms with van der Waals surface area (Å²) in [6, 6.07) is 14.0. The molecule has 106 valence electrons. The van der Waals surface area contributed by atoms with Gasteiger partial charge >= 0.3 is 0 Å². The van der Waals surface area contributed by atoms with Crippen molar-refractivity contribution in [1.29, 1.82) is 0 Å². The number of rotatable bonds is 6. The summed E-state index contributed by atoms with van der Waals surface area (Å²) in [5, 5.41) is 15.3. The van der Waals surface area contributed by atoms with E-state index in [-0.39, 0.29) is 5.91 Å². The van der Waals surface area contributed by atoms with E-state index < -0.39 is 6.10 Å². The first kappa shape index (κ1) is 14.5. The fourth-order valence-electron chi connectivity index (χ4n) is 2.36. The van der Waals surface area contributed by atoms with Crippen molar-refractivity contribution in [3.63, 3.8) is 0 Å². The summed E-state index contributed by atoms with van der Waals surface area (Å²) >= 11 is 0. The first-order chi connectivity index (χ1) is 9.72. The Morgan fingerprint density at radius 1 is 1.20 bits per heavy atom. The molecular formula is C17H21NO2. The lowest BCUT2D eigenvalue weighted by Gasteiger charge is -2.14. The van der Waals surface area contributed by atoms with Crippen molar-refractivity contribution in [1.82, 2.24) is 5.32 Å². The van der Waals surface area contributed by atoms with E-state index in [0.717, 1.165) is 22.8 Å². The number of aliphatic hydroxyl groups excluding tert-OH is 1. The Labute approximate surface area is 119 Å². The number of fused-ring (bicyclic) bond motifs is 1. The van der Waals surface area contributed by atoms with Crippen LogP contribution in [-0.4, -0.2) is 17.6 Å². The number of hydrogen-bond donors (Lipinski definition) is 2. The number of carbonyl (C=O) groups excluding carboxylic acids is 1. The molecular weight excluding hydrogens is 250 g/mol. The number of carbonyl (C=O) groups is 1. The Kier molecular flexibility index (Phi) is 5.13. The molecule has 0 aliphatic carbocycles. The zero-order chi connectivity index (χ0) is 14.4. The number of hydrogen-bond acceptors (Lipinski definition) is 2. The quantitative estimate of drug-likeness (QED) is 0.847. The molecule has 0 bridgehead atoms. The molecule has 3 nitrogen and oxygen atoms in total. The molecule has 0 spiro atoms. The highest BCUT2D eigenvalue weighted by molar-refractivity contribution is 5.86. The molecule has 2 aromatic carbocycles. The Morgan fingerprint density at radius 3 is 2.75 bits per heavy atom. The SMILES string of the molecule is CCCC(=O)NCCC(O)c1cccc2ccccc12. The Morgan fingerprint density at radius 2 is 1.95 bits per heavy atom. The van der Waals surface area contributed by atoms with Gasteiger partial charge in [-0.1, -0.05) is 49.4 Å². The highest BCUT2D eigenvalue weighted by Crippen LogP contribution is 2.25. The van der Waals surface area contributed by atoms with Crippen molar-refractivity contribution in [3.05, 3.63) is 48.0 Å². The molecule has 1 unspecified atom stereocenters. The first-order valence-corrected chi connectivity index (χ1v) is 7.14. The van der Waals surface area contributed by atoms with E-state index in [4.69, 9.17) is 0 Å². The molecule has 2 rings (SSSR count). The van der Waals surface area contributed by atoms with Crippen molar-refractivity contribution in [2.45, 2.75) is 32.3 Å². The van der Waals surface area contributed by atoms with Gasteiger partial charge in [-0.15, -0.1) is 0 Å². The van der Waals surface area contributed by atoms with E-state index in [1.54, 1.807) is 0 Å². The molecule has 0 aliphatic rings.